The van der Waals surface area contributed by atoms with E-state index in [4.69, 9.17) is 4.74 Å². The van der Waals surface area contributed by atoms with Crippen LogP contribution < -0.4 is 15.4 Å². The Labute approximate surface area is 196 Å². The second-order valence-corrected chi connectivity index (χ2v) is 7.97. The molecule has 0 radical (unpaired) electrons. The SMILES string of the molecule is Cc1ccc(C)c(OCn2ccc(C(=O)Nc3cnn(C)c3C(=O)NCc3cnn(C)c3)n2)c1. The molecular formula is C23H26N8O3. The number of carbonyl (C=O) groups is 2. The number of hydrogen-bond donors (Lipinski definition) is 2. The quantitative estimate of drug-likeness (QED) is 0.414. The highest BCUT2D eigenvalue weighted by Crippen LogP contribution is 2.20. The molecule has 4 rings (SSSR count). The third kappa shape index (κ3) is 5.14. The Kier molecular flexibility index (Phi) is 6.44. The van der Waals surface area contributed by atoms with E-state index in [1.807, 2.05) is 38.2 Å². The molecule has 3 aromatic heterocycles. The van der Waals surface area contributed by atoms with Crippen LogP contribution in [-0.4, -0.2) is 41.2 Å². The number of nitrogens with one attached hydrogen (secondary N) is 2. The molecule has 3 heterocycles. The van der Waals surface area contributed by atoms with Crippen LogP contribution >= 0.6 is 0 Å². The highest BCUT2D eigenvalue weighted by molar-refractivity contribution is 6.07. The number of anilines is 1. The Morgan fingerprint density at radius 1 is 1.06 bits per heavy atom. The molecule has 0 fully saturated rings. The van der Waals surface area contributed by atoms with Crippen LogP contribution in [0.25, 0.3) is 0 Å². The van der Waals surface area contributed by atoms with Crippen molar-refractivity contribution in [1.82, 2.24) is 34.7 Å². The first-order chi connectivity index (χ1) is 16.3. The van der Waals surface area contributed by atoms with E-state index >= 15 is 0 Å². The average molecular weight is 463 g/mol. The van der Waals surface area contributed by atoms with E-state index < -0.39 is 5.91 Å². The first-order valence-electron chi connectivity index (χ1n) is 10.6. The van der Waals surface area contributed by atoms with Gasteiger partial charge in [0.25, 0.3) is 11.8 Å². The third-order valence-electron chi connectivity index (χ3n) is 5.18. The predicted molar refractivity (Wildman–Crippen MR) is 124 cm³/mol. The molecular weight excluding hydrogens is 436 g/mol. The molecule has 0 aliphatic carbocycles. The lowest BCUT2D eigenvalue weighted by molar-refractivity contribution is 0.0942. The van der Waals surface area contributed by atoms with E-state index in [9.17, 15) is 9.59 Å². The summed E-state index contributed by atoms with van der Waals surface area (Å²) in [5, 5.41) is 18.0. The molecule has 4 aromatic rings. The fraction of sp³-hybridized carbons (Fsp3) is 0.261. The van der Waals surface area contributed by atoms with Crippen LogP contribution in [0, 0.1) is 13.8 Å². The van der Waals surface area contributed by atoms with Gasteiger partial charge in [0.1, 0.15) is 11.4 Å². The highest BCUT2D eigenvalue weighted by atomic mass is 16.5. The summed E-state index contributed by atoms with van der Waals surface area (Å²) >= 11 is 0. The van der Waals surface area contributed by atoms with E-state index in [-0.39, 0.29) is 29.7 Å². The van der Waals surface area contributed by atoms with Gasteiger partial charge >= 0.3 is 0 Å². The Morgan fingerprint density at radius 3 is 2.65 bits per heavy atom. The van der Waals surface area contributed by atoms with Gasteiger partial charge in [-0.05, 0) is 37.1 Å². The number of aryl methyl sites for hydroxylation is 4. The summed E-state index contributed by atoms with van der Waals surface area (Å²) in [6.07, 6.45) is 6.57. The molecule has 0 saturated carbocycles. The van der Waals surface area contributed by atoms with Crippen LogP contribution in [0.2, 0.25) is 0 Å². The first kappa shape index (κ1) is 22.8. The molecule has 1 aromatic carbocycles. The lowest BCUT2D eigenvalue weighted by Crippen LogP contribution is -2.26. The third-order valence-corrected chi connectivity index (χ3v) is 5.18. The summed E-state index contributed by atoms with van der Waals surface area (Å²) in [4.78, 5) is 25.5. The summed E-state index contributed by atoms with van der Waals surface area (Å²) in [6.45, 7) is 4.42. The molecule has 2 amide bonds. The lowest BCUT2D eigenvalue weighted by Gasteiger charge is -2.10. The van der Waals surface area contributed by atoms with Gasteiger partial charge in [-0.1, -0.05) is 12.1 Å². The normalized spacial score (nSPS) is 10.8. The summed E-state index contributed by atoms with van der Waals surface area (Å²) in [6, 6.07) is 7.55. The Balaban J connectivity index is 1.39. The number of carbonyl (C=O) groups excluding carboxylic acids is 2. The van der Waals surface area contributed by atoms with Crippen LogP contribution in [0.5, 0.6) is 5.75 Å². The molecule has 0 spiro atoms. The molecule has 2 N–H and O–H groups in total. The van der Waals surface area contributed by atoms with Gasteiger partial charge in [-0.3, -0.25) is 19.0 Å². The van der Waals surface area contributed by atoms with Crippen molar-refractivity contribution in [1.29, 1.82) is 0 Å². The maximum atomic E-state index is 12.8. The number of rotatable bonds is 8. The number of amides is 2. The zero-order valence-electron chi connectivity index (χ0n) is 19.4. The number of benzene rings is 1. The van der Waals surface area contributed by atoms with Gasteiger partial charge in [0.2, 0.25) is 0 Å². The Bertz CT molecular complexity index is 1330. The van der Waals surface area contributed by atoms with Crippen LogP contribution in [0.3, 0.4) is 0 Å². The minimum Gasteiger partial charge on any atom is -0.471 e. The zero-order valence-corrected chi connectivity index (χ0v) is 19.4. The van der Waals surface area contributed by atoms with E-state index in [1.165, 1.54) is 15.6 Å². The second-order valence-electron chi connectivity index (χ2n) is 7.97. The van der Waals surface area contributed by atoms with Gasteiger partial charge in [-0.2, -0.15) is 15.3 Å². The molecule has 34 heavy (non-hydrogen) atoms. The summed E-state index contributed by atoms with van der Waals surface area (Å²) in [5.74, 6) is -0.0646. The van der Waals surface area contributed by atoms with Crippen molar-refractivity contribution in [2.24, 2.45) is 14.1 Å². The maximum absolute atomic E-state index is 12.8. The minimum atomic E-state index is -0.459. The molecule has 0 unspecified atom stereocenters. The monoisotopic (exact) mass is 462 g/mol. The van der Waals surface area contributed by atoms with E-state index in [0.717, 1.165) is 22.4 Å². The van der Waals surface area contributed by atoms with Gasteiger partial charge < -0.3 is 15.4 Å². The molecule has 0 bridgehead atoms. The summed E-state index contributed by atoms with van der Waals surface area (Å²) in [5.41, 5.74) is 3.68. The average Bonchev–Trinajstić information content (AvgIpc) is 3.53. The number of ether oxygens (including phenoxy) is 1. The van der Waals surface area contributed by atoms with Crippen molar-refractivity contribution < 1.29 is 14.3 Å². The van der Waals surface area contributed by atoms with Crippen molar-refractivity contribution in [3.63, 3.8) is 0 Å². The van der Waals surface area contributed by atoms with Crippen molar-refractivity contribution >= 4 is 17.5 Å². The van der Waals surface area contributed by atoms with Crippen molar-refractivity contribution in [3.05, 3.63) is 77.1 Å². The molecule has 0 saturated heterocycles. The molecule has 11 heteroatoms. The standard InChI is InChI=1S/C23H26N8O3/c1-15-5-6-16(2)20(9-15)34-14-31-8-7-18(28-31)22(32)27-19-12-26-30(4)21(19)23(33)24-10-17-11-25-29(3)13-17/h5-9,11-13H,10,14H2,1-4H3,(H,24,33)(H,27,32). The summed E-state index contributed by atoms with van der Waals surface area (Å²) < 4.78 is 10.4. The molecule has 11 nitrogen and oxygen atoms in total. The maximum Gasteiger partial charge on any atom is 0.276 e. The second kappa shape index (κ2) is 9.61. The zero-order chi connectivity index (χ0) is 24.2. The van der Waals surface area contributed by atoms with E-state index in [2.05, 4.69) is 25.9 Å². The van der Waals surface area contributed by atoms with Gasteiger partial charge in [0.15, 0.2) is 12.4 Å². The summed E-state index contributed by atoms with van der Waals surface area (Å²) in [7, 11) is 3.44. The number of aromatic nitrogens is 6. The van der Waals surface area contributed by atoms with Crippen molar-refractivity contribution in [2.45, 2.75) is 27.1 Å². The van der Waals surface area contributed by atoms with Crippen LogP contribution in [0.4, 0.5) is 5.69 Å². The van der Waals surface area contributed by atoms with Crippen LogP contribution in [0.15, 0.2) is 49.1 Å². The van der Waals surface area contributed by atoms with Gasteiger partial charge in [-0.25, -0.2) is 4.68 Å². The highest BCUT2D eigenvalue weighted by Gasteiger charge is 2.20. The van der Waals surface area contributed by atoms with Gasteiger partial charge in [0.05, 0.1) is 18.1 Å². The van der Waals surface area contributed by atoms with E-state index in [0.29, 0.717) is 6.54 Å². The lowest BCUT2D eigenvalue weighted by atomic mass is 10.1. The fourth-order valence-corrected chi connectivity index (χ4v) is 3.37. The van der Waals surface area contributed by atoms with Gasteiger partial charge in [0, 0.05) is 38.6 Å². The largest absolute Gasteiger partial charge is 0.471 e. The van der Waals surface area contributed by atoms with Crippen LogP contribution in [0.1, 0.15) is 37.7 Å². The smallest absolute Gasteiger partial charge is 0.276 e. The van der Waals surface area contributed by atoms with Crippen molar-refractivity contribution in [2.75, 3.05) is 5.32 Å². The topological polar surface area (TPSA) is 121 Å². The number of nitrogens with zero attached hydrogens (tertiary/aromatic N) is 6. The Hall–Kier alpha value is -4.41. The fourth-order valence-electron chi connectivity index (χ4n) is 3.37. The first-order valence-corrected chi connectivity index (χ1v) is 10.6. The van der Waals surface area contributed by atoms with Gasteiger partial charge in [-0.15, -0.1) is 0 Å². The van der Waals surface area contributed by atoms with Crippen molar-refractivity contribution in [3.8, 4) is 5.75 Å². The Morgan fingerprint density at radius 2 is 1.88 bits per heavy atom. The van der Waals surface area contributed by atoms with Crippen LogP contribution in [-0.2, 0) is 27.4 Å². The molecule has 0 atom stereocenters. The molecule has 0 aliphatic rings. The predicted octanol–water partition coefficient (Wildman–Crippen LogP) is 2.19. The molecule has 176 valence electrons. The number of hydrogen-bond acceptors (Lipinski definition) is 6. The minimum absolute atomic E-state index is 0.159. The van der Waals surface area contributed by atoms with E-state index in [1.54, 1.807) is 37.2 Å². The molecule has 0 aliphatic heterocycles.